The molecule has 1 heterocycles. The molecule has 0 unspecified atom stereocenters. The molecule has 0 atom stereocenters. The van der Waals surface area contributed by atoms with Crippen LogP contribution in [0, 0.1) is 0 Å². The maximum atomic E-state index is 12.4. The molecule has 4 rings (SSSR count). The molecule has 3 aromatic carbocycles. The van der Waals surface area contributed by atoms with Crippen molar-refractivity contribution in [1.29, 1.82) is 0 Å². The van der Waals surface area contributed by atoms with Crippen LogP contribution < -0.4 is 10.1 Å². The van der Waals surface area contributed by atoms with Crippen molar-refractivity contribution >= 4 is 22.6 Å². The van der Waals surface area contributed by atoms with E-state index in [9.17, 15) is 4.79 Å². The Morgan fingerprint density at radius 2 is 1.74 bits per heavy atom. The van der Waals surface area contributed by atoms with Gasteiger partial charge in [-0.3, -0.25) is 9.36 Å². The summed E-state index contributed by atoms with van der Waals surface area (Å²) in [5, 5.41) is 2.91. The number of rotatable bonds is 5. The molecule has 0 saturated carbocycles. The van der Waals surface area contributed by atoms with Crippen LogP contribution in [0.25, 0.3) is 16.7 Å². The van der Waals surface area contributed by atoms with Crippen LogP contribution in [0.2, 0.25) is 0 Å². The van der Waals surface area contributed by atoms with E-state index in [1.54, 1.807) is 30.6 Å². The highest BCUT2D eigenvalue weighted by atomic mass is 16.5. The zero-order valence-electron chi connectivity index (χ0n) is 14.9. The highest BCUT2D eigenvalue weighted by Gasteiger charge is 2.08. The average molecular weight is 357 g/mol. The fraction of sp³-hybridized carbons (Fsp3) is 0.0909. The Balaban J connectivity index is 1.50. The summed E-state index contributed by atoms with van der Waals surface area (Å²) >= 11 is 0. The molecule has 1 amide bonds. The summed E-state index contributed by atoms with van der Waals surface area (Å²) in [5.41, 5.74) is 4.31. The molecule has 0 fully saturated rings. The predicted octanol–water partition coefficient (Wildman–Crippen LogP) is 4.68. The van der Waals surface area contributed by atoms with E-state index < -0.39 is 0 Å². The van der Waals surface area contributed by atoms with Gasteiger partial charge in [0.25, 0.3) is 5.91 Å². The number of ether oxygens (including phenoxy) is 1. The third kappa shape index (κ3) is 3.53. The van der Waals surface area contributed by atoms with Gasteiger partial charge in [0.15, 0.2) is 0 Å². The van der Waals surface area contributed by atoms with Gasteiger partial charge in [-0.25, -0.2) is 4.98 Å². The van der Waals surface area contributed by atoms with Crippen LogP contribution in [-0.2, 0) is 0 Å². The molecule has 0 radical (unpaired) electrons. The van der Waals surface area contributed by atoms with E-state index in [-0.39, 0.29) is 5.91 Å². The standard InChI is InChI=1S/C22H19N3O2/c1-2-27-19-13-7-16(8-14-19)22(26)24-17-9-11-18(12-10-17)25-15-23-20-5-3-4-6-21(20)25/h3-15H,2H2,1H3,(H,24,26). The number of amides is 1. The third-order valence-electron chi connectivity index (χ3n) is 4.28. The zero-order valence-corrected chi connectivity index (χ0v) is 14.9. The minimum atomic E-state index is -0.154. The van der Waals surface area contributed by atoms with Gasteiger partial charge in [0, 0.05) is 16.9 Å². The van der Waals surface area contributed by atoms with Crippen molar-refractivity contribution in [2.75, 3.05) is 11.9 Å². The minimum Gasteiger partial charge on any atom is -0.494 e. The van der Waals surface area contributed by atoms with Gasteiger partial charge in [0.05, 0.1) is 17.6 Å². The lowest BCUT2D eigenvalue weighted by Crippen LogP contribution is -2.11. The van der Waals surface area contributed by atoms with E-state index in [0.29, 0.717) is 12.2 Å². The third-order valence-corrected chi connectivity index (χ3v) is 4.28. The molecule has 134 valence electrons. The number of para-hydroxylation sites is 2. The van der Waals surface area contributed by atoms with Crippen molar-refractivity contribution in [3.63, 3.8) is 0 Å². The molecule has 0 aliphatic carbocycles. The monoisotopic (exact) mass is 357 g/mol. The second-order valence-corrected chi connectivity index (χ2v) is 6.06. The van der Waals surface area contributed by atoms with Crippen molar-refractivity contribution in [2.24, 2.45) is 0 Å². The van der Waals surface area contributed by atoms with Gasteiger partial charge in [0.2, 0.25) is 0 Å². The number of fused-ring (bicyclic) bond motifs is 1. The largest absolute Gasteiger partial charge is 0.494 e. The van der Waals surface area contributed by atoms with Crippen molar-refractivity contribution in [2.45, 2.75) is 6.92 Å². The minimum absolute atomic E-state index is 0.154. The first-order valence-corrected chi connectivity index (χ1v) is 8.81. The molecule has 5 heteroatoms. The van der Waals surface area contributed by atoms with E-state index in [4.69, 9.17) is 4.74 Å². The molecule has 4 aromatic rings. The Kier molecular flexibility index (Phi) is 4.58. The first kappa shape index (κ1) is 16.8. The van der Waals surface area contributed by atoms with Gasteiger partial charge >= 0.3 is 0 Å². The summed E-state index contributed by atoms with van der Waals surface area (Å²) in [5.74, 6) is 0.602. The molecule has 0 aliphatic rings. The van der Waals surface area contributed by atoms with E-state index >= 15 is 0 Å². The van der Waals surface area contributed by atoms with Crippen LogP contribution in [-0.4, -0.2) is 22.1 Å². The first-order valence-electron chi connectivity index (χ1n) is 8.81. The first-order chi connectivity index (χ1) is 13.2. The van der Waals surface area contributed by atoms with E-state index in [1.807, 2.05) is 60.0 Å². The molecule has 0 spiro atoms. The summed E-state index contributed by atoms with van der Waals surface area (Å²) in [7, 11) is 0. The number of nitrogens with zero attached hydrogens (tertiary/aromatic N) is 2. The van der Waals surface area contributed by atoms with E-state index in [2.05, 4.69) is 10.3 Å². The number of carbonyl (C=O) groups excluding carboxylic acids is 1. The highest BCUT2D eigenvalue weighted by molar-refractivity contribution is 6.04. The normalized spacial score (nSPS) is 10.7. The lowest BCUT2D eigenvalue weighted by molar-refractivity contribution is 0.102. The number of hydrogen-bond donors (Lipinski definition) is 1. The van der Waals surface area contributed by atoms with Crippen molar-refractivity contribution in [3.05, 3.63) is 84.7 Å². The van der Waals surface area contributed by atoms with Crippen LogP contribution in [0.15, 0.2) is 79.1 Å². The summed E-state index contributed by atoms with van der Waals surface area (Å²) in [4.78, 5) is 16.8. The van der Waals surface area contributed by atoms with Crippen LogP contribution in [0.4, 0.5) is 5.69 Å². The molecule has 1 aromatic heterocycles. The number of aromatic nitrogens is 2. The van der Waals surface area contributed by atoms with Gasteiger partial charge in [0.1, 0.15) is 12.1 Å². The molecule has 5 nitrogen and oxygen atoms in total. The summed E-state index contributed by atoms with van der Waals surface area (Å²) in [6, 6.07) is 22.8. The smallest absolute Gasteiger partial charge is 0.255 e. The topological polar surface area (TPSA) is 56.1 Å². The fourth-order valence-corrected chi connectivity index (χ4v) is 2.94. The van der Waals surface area contributed by atoms with E-state index in [0.717, 1.165) is 28.2 Å². The molecular formula is C22H19N3O2. The van der Waals surface area contributed by atoms with Crippen LogP contribution >= 0.6 is 0 Å². The Labute approximate surface area is 157 Å². The molecule has 0 aliphatic heterocycles. The van der Waals surface area contributed by atoms with Crippen molar-refractivity contribution in [3.8, 4) is 11.4 Å². The zero-order chi connectivity index (χ0) is 18.6. The van der Waals surface area contributed by atoms with Gasteiger partial charge in [-0.1, -0.05) is 12.1 Å². The van der Waals surface area contributed by atoms with Crippen molar-refractivity contribution < 1.29 is 9.53 Å². The lowest BCUT2D eigenvalue weighted by Gasteiger charge is -2.09. The number of carbonyl (C=O) groups is 1. The second kappa shape index (κ2) is 7.33. The Morgan fingerprint density at radius 3 is 2.48 bits per heavy atom. The number of nitrogens with one attached hydrogen (secondary N) is 1. The van der Waals surface area contributed by atoms with Crippen molar-refractivity contribution in [1.82, 2.24) is 9.55 Å². The van der Waals surface area contributed by atoms with Gasteiger partial charge < -0.3 is 10.1 Å². The fourth-order valence-electron chi connectivity index (χ4n) is 2.94. The maximum Gasteiger partial charge on any atom is 0.255 e. The second-order valence-electron chi connectivity index (χ2n) is 6.06. The summed E-state index contributed by atoms with van der Waals surface area (Å²) in [6.07, 6.45) is 1.80. The quantitative estimate of drug-likeness (QED) is 0.564. The van der Waals surface area contributed by atoms with Crippen LogP contribution in [0.5, 0.6) is 5.75 Å². The van der Waals surface area contributed by atoms with Crippen LogP contribution in [0.3, 0.4) is 0 Å². The van der Waals surface area contributed by atoms with Crippen LogP contribution in [0.1, 0.15) is 17.3 Å². The van der Waals surface area contributed by atoms with Gasteiger partial charge in [-0.15, -0.1) is 0 Å². The number of imidazole rings is 1. The Hall–Kier alpha value is -3.60. The SMILES string of the molecule is CCOc1ccc(C(=O)Nc2ccc(-n3cnc4ccccc43)cc2)cc1. The van der Waals surface area contributed by atoms with Gasteiger partial charge in [-0.2, -0.15) is 0 Å². The number of benzene rings is 3. The maximum absolute atomic E-state index is 12.4. The average Bonchev–Trinajstić information content (AvgIpc) is 3.13. The van der Waals surface area contributed by atoms with E-state index in [1.165, 1.54) is 0 Å². The number of anilines is 1. The molecule has 27 heavy (non-hydrogen) atoms. The number of hydrogen-bond acceptors (Lipinski definition) is 3. The lowest BCUT2D eigenvalue weighted by atomic mass is 10.2. The molecule has 0 saturated heterocycles. The molecular weight excluding hydrogens is 338 g/mol. The summed E-state index contributed by atoms with van der Waals surface area (Å²) in [6.45, 7) is 2.53. The Morgan fingerprint density at radius 1 is 1.00 bits per heavy atom. The predicted molar refractivity (Wildman–Crippen MR) is 107 cm³/mol. The Bertz CT molecular complexity index is 1070. The molecule has 0 bridgehead atoms. The molecule has 1 N–H and O–H groups in total. The van der Waals surface area contributed by atoms with Gasteiger partial charge in [-0.05, 0) is 67.6 Å². The highest BCUT2D eigenvalue weighted by Crippen LogP contribution is 2.20. The summed E-state index contributed by atoms with van der Waals surface area (Å²) < 4.78 is 7.42.